The van der Waals surface area contributed by atoms with E-state index in [0.29, 0.717) is 5.56 Å². The van der Waals surface area contributed by atoms with Crippen molar-refractivity contribution in [3.63, 3.8) is 0 Å². The molecule has 9 nitrogen and oxygen atoms in total. The first-order valence-corrected chi connectivity index (χ1v) is 10.3. The SMILES string of the molecule is O=C1NC(=S)N(c2cccc(C(=O)O)c2)C(=O)C1=Cc1ccc(-c2cc(C(=O)O)ccc2Cl)o1. The van der Waals surface area contributed by atoms with Crippen LogP contribution in [0.5, 0.6) is 0 Å². The Morgan fingerprint density at radius 1 is 1.00 bits per heavy atom. The molecular weight excluding hydrogens is 484 g/mol. The summed E-state index contributed by atoms with van der Waals surface area (Å²) in [4.78, 5) is 49.2. The number of carbonyl (C=O) groups excluding carboxylic acids is 2. The van der Waals surface area contributed by atoms with E-state index in [4.69, 9.17) is 28.2 Å². The van der Waals surface area contributed by atoms with Crippen LogP contribution in [0.4, 0.5) is 5.69 Å². The predicted molar refractivity (Wildman–Crippen MR) is 126 cm³/mol. The van der Waals surface area contributed by atoms with Gasteiger partial charge in [-0.1, -0.05) is 17.7 Å². The number of amides is 2. The fraction of sp³-hybridized carbons (Fsp3) is 0. The van der Waals surface area contributed by atoms with Crippen molar-refractivity contribution in [2.75, 3.05) is 4.90 Å². The maximum Gasteiger partial charge on any atom is 0.335 e. The summed E-state index contributed by atoms with van der Waals surface area (Å²) < 4.78 is 5.69. The fourth-order valence-corrected chi connectivity index (χ4v) is 3.73. The monoisotopic (exact) mass is 496 g/mol. The third-order valence-corrected chi connectivity index (χ3v) is 5.46. The highest BCUT2D eigenvalue weighted by molar-refractivity contribution is 7.80. The molecule has 170 valence electrons. The van der Waals surface area contributed by atoms with Crippen molar-refractivity contribution in [1.82, 2.24) is 5.32 Å². The molecule has 1 fully saturated rings. The summed E-state index contributed by atoms with van der Waals surface area (Å²) in [5.41, 5.74) is 0.120. The summed E-state index contributed by atoms with van der Waals surface area (Å²) in [5, 5.41) is 20.9. The maximum absolute atomic E-state index is 13.1. The Kier molecular flexibility index (Phi) is 6.01. The molecule has 0 bridgehead atoms. The molecule has 1 aliphatic rings. The van der Waals surface area contributed by atoms with E-state index in [1.54, 1.807) is 0 Å². The Bertz CT molecular complexity index is 1430. The molecule has 1 aliphatic heterocycles. The van der Waals surface area contributed by atoms with Crippen LogP contribution in [0.2, 0.25) is 5.02 Å². The minimum absolute atomic E-state index is 0.00489. The average molecular weight is 497 g/mol. The first-order valence-electron chi connectivity index (χ1n) is 9.53. The summed E-state index contributed by atoms with van der Waals surface area (Å²) in [6, 6.07) is 12.6. The van der Waals surface area contributed by atoms with E-state index < -0.39 is 23.8 Å². The number of furan rings is 1. The summed E-state index contributed by atoms with van der Waals surface area (Å²) in [6.07, 6.45) is 1.20. The van der Waals surface area contributed by atoms with Crippen LogP contribution in [0, 0.1) is 0 Å². The number of carbonyl (C=O) groups is 4. The number of hydrogen-bond acceptors (Lipinski definition) is 6. The number of nitrogens with one attached hydrogen (secondary N) is 1. The van der Waals surface area contributed by atoms with E-state index in [1.807, 2.05) is 0 Å². The molecule has 3 aromatic rings. The fourth-order valence-electron chi connectivity index (χ4n) is 3.23. The van der Waals surface area contributed by atoms with E-state index in [-0.39, 0.29) is 44.0 Å². The van der Waals surface area contributed by atoms with Crippen molar-refractivity contribution in [3.8, 4) is 11.3 Å². The minimum Gasteiger partial charge on any atom is -0.478 e. The van der Waals surface area contributed by atoms with Gasteiger partial charge in [0, 0.05) is 5.56 Å². The van der Waals surface area contributed by atoms with Crippen LogP contribution >= 0.6 is 23.8 Å². The van der Waals surface area contributed by atoms with Crippen molar-refractivity contribution >= 4 is 64.4 Å². The van der Waals surface area contributed by atoms with Crippen LogP contribution in [-0.4, -0.2) is 39.1 Å². The van der Waals surface area contributed by atoms with Gasteiger partial charge in [-0.25, -0.2) is 9.59 Å². The van der Waals surface area contributed by atoms with E-state index in [9.17, 15) is 29.4 Å². The second-order valence-corrected chi connectivity index (χ2v) is 7.81. The molecule has 11 heteroatoms. The van der Waals surface area contributed by atoms with E-state index in [0.717, 1.165) is 4.90 Å². The van der Waals surface area contributed by atoms with Crippen LogP contribution in [0.25, 0.3) is 17.4 Å². The van der Waals surface area contributed by atoms with Gasteiger partial charge in [-0.15, -0.1) is 0 Å². The zero-order chi connectivity index (χ0) is 24.6. The lowest BCUT2D eigenvalue weighted by Crippen LogP contribution is -2.54. The highest BCUT2D eigenvalue weighted by atomic mass is 35.5. The third-order valence-electron chi connectivity index (χ3n) is 4.85. The minimum atomic E-state index is -1.19. The van der Waals surface area contributed by atoms with Crippen LogP contribution in [0.1, 0.15) is 26.5 Å². The Labute approximate surface area is 201 Å². The Balaban J connectivity index is 1.70. The highest BCUT2D eigenvalue weighted by Gasteiger charge is 2.35. The molecule has 0 spiro atoms. The number of halogens is 1. The van der Waals surface area contributed by atoms with Crippen molar-refractivity contribution < 1.29 is 33.8 Å². The van der Waals surface area contributed by atoms with Crippen LogP contribution in [-0.2, 0) is 9.59 Å². The standard InChI is InChI=1S/C23H13ClN2O7S/c24-17-6-4-12(22(31)32)9-15(17)18-7-5-14(33-18)10-16-19(27)25-23(34)26(20(16)28)13-3-1-2-11(8-13)21(29)30/h1-10H,(H,29,30)(H,31,32)(H,25,27,34). The van der Waals surface area contributed by atoms with Gasteiger partial charge in [0.1, 0.15) is 17.1 Å². The van der Waals surface area contributed by atoms with Crippen LogP contribution in [0.15, 0.2) is 64.6 Å². The number of benzene rings is 2. The smallest absolute Gasteiger partial charge is 0.335 e. The molecule has 1 aromatic heterocycles. The first-order chi connectivity index (χ1) is 16.2. The van der Waals surface area contributed by atoms with E-state index in [2.05, 4.69) is 5.32 Å². The number of rotatable bonds is 5. The van der Waals surface area contributed by atoms with Gasteiger partial charge in [0.25, 0.3) is 11.8 Å². The van der Waals surface area contributed by atoms with Crippen molar-refractivity contribution in [3.05, 3.63) is 82.1 Å². The molecule has 0 aliphatic carbocycles. The molecule has 1 saturated heterocycles. The molecule has 34 heavy (non-hydrogen) atoms. The summed E-state index contributed by atoms with van der Waals surface area (Å²) >= 11 is 11.3. The van der Waals surface area contributed by atoms with Gasteiger partial charge >= 0.3 is 11.9 Å². The highest BCUT2D eigenvalue weighted by Crippen LogP contribution is 2.31. The van der Waals surface area contributed by atoms with Gasteiger partial charge < -0.3 is 14.6 Å². The second-order valence-electron chi connectivity index (χ2n) is 7.02. The number of hydrogen-bond donors (Lipinski definition) is 3. The predicted octanol–water partition coefficient (Wildman–Crippen LogP) is 3.83. The van der Waals surface area contributed by atoms with Gasteiger partial charge in [0.2, 0.25) is 0 Å². The Morgan fingerprint density at radius 3 is 2.41 bits per heavy atom. The summed E-state index contributed by atoms with van der Waals surface area (Å²) in [5.74, 6) is -3.52. The molecular formula is C23H13ClN2O7S. The Hall–Kier alpha value is -4.28. The molecule has 0 atom stereocenters. The molecule has 0 saturated carbocycles. The molecule has 2 heterocycles. The lowest BCUT2D eigenvalue weighted by molar-refractivity contribution is -0.122. The number of thiocarbonyl (C=S) groups is 1. The maximum atomic E-state index is 13.1. The Morgan fingerprint density at radius 2 is 1.71 bits per heavy atom. The van der Waals surface area contributed by atoms with Gasteiger partial charge in [0.05, 0.1) is 21.8 Å². The molecule has 0 radical (unpaired) electrons. The third kappa shape index (κ3) is 4.32. The van der Waals surface area contributed by atoms with Crippen LogP contribution < -0.4 is 10.2 Å². The topological polar surface area (TPSA) is 137 Å². The number of nitrogens with zero attached hydrogens (tertiary/aromatic N) is 1. The normalized spacial score (nSPS) is 14.9. The van der Waals surface area contributed by atoms with E-state index >= 15 is 0 Å². The first kappa shape index (κ1) is 22.9. The summed E-state index contributed by atoms with van der Waals surface area (Å²) in [7, 11) is 0. The second kappa shape index (κ2) is 8.93. The molecule has 2 amide bonds. The van der Waals surface area contributed by atoms with Gasteiger partial charge in [-0.2, -0.15) is 0 Å². The average Bonchev–Trinajstić information content (AvgIpc) is 3.25. The summed E-state index contributed by atoms with van der Waals surface area (Å²) in [6.45, 7) is 0. The number of anilines is 1. The van der Waals surface area contributed by atoms with Crippen molar-refractivity contribution in [2.24, 2.45) is 0 Å². The van der Waals surface area contributed by atoms with Crippen LogP contribution in [0.3, 0.4) is 0 Å². The van der Waals surface area contributed by atoms with Gasteiger partial charge in [-0.3, -0.25) is 19.8 Å². The molecule has 4 rings (SSSR count). The van der Waals surface area contributed by atoms with E-state index in [1.165, 1.54) is 60.7 Å². The molecule has 0 unspecified atom stereocenters. The van der Waals surface area contributed by atoms with Gasteiger partial charge in [-0.05, 0) is 66.8 Å². The molecule has 2 aromatic carbocycles. The van der Waals surface area contributed by atoms with Crippen molar-refractivity contribution in [2.45, 2.75) is 0 Å². The lowest BCUT2D eigenvalue weighted by atomic mass is 10.1. The largest absolute Gasteiger partial charge is 0.478 e. The number of aromatic carboxylic acids is 2. The lowest BCUT2D eigenvalue weighted by Gasteiger charge is -2.28. The molecule has 3 N–H and O–H groups in total. The van der Waals surface area contributed by atoms with Crippen molar-refractivity contribution in [1.29, 1.82) is 0 Å². The van der Waals surface area contributed by atoms with Gasteiger partial charge in [0.15, 0.2) is 5.11 Å². The zero-order valence-corrected chi connectivity index (χ0v) is 18.5. The number of carboxylic acids is 2. The number of carboxylic acid groups (broad SMARTS) is 2. The zero-order valence-electron chi connectivity index (χ0n) is 16.9. The quantitative estimate of drug-likeness (QED) is 0.275.